The number of thiazole rings is 1. The minimum atomic E-state index is -1.13. The Morgan fingerprint density at radius 3 is 2.50 bits per heavy atom. The lowest BCUT2D eigenvalue weighted by molar-refractivity contribution is 0.0348. The highest BCUT2D eigenvalue weighted by atomic mass is 35.5. The van der Waals surface area contributed by atoms with Crippen molar-refractivity contribution in [1.29, 1.82) is 0 Å². The van der Waals surface area contributed by atoms with Gasteiger partial charge in [0.25, 0.3) is 0 Å². The maximum Gasteiger partial charge on any atom is 0.335 e. The number of fused-ring (bicyclic) bond motifs is 3. The van der Waals surface area contributed by atoms with Gasteiger partial charge >= 0.3 is 5.97 Å². The van der Waals surface area contributed by atoms with E-state index in [1.807, 2.05) is 18.2 Å². The zero-order valence-corrected chi connectivity index (χ0v) is 25.0. The third kappa shape index (κ3) is 4.43. The van der Waals surface area contributed by atoms with Gasteiger partial charge in [0, 0.05) is 41.7 Å². The number of hydrogen-bond acceptors (Lipinski definition) is 7. The quantitative estimate of drug-likeness (QED) is 0.214. The first-order valence-corrected chi connectivity index (χ1v) is 16.1. The van der Waals surface area contributed by atoms with Crippen LogP contribution in [-0.2, 0) is 6.54 Å². The van der Waals surface area contributed by atoms with Gasteiger partial charge in [-0.2, -0.15) is 0 Å². The van der Waals surface area contributed by atoms with E-state index in [1.54, 1.807) is 0 Å². The molecule has 42 heavy (non-hydrogen) atoms. The minimum absolute atomic E-state index is 0.0404. The number of rotatable bonds is 7. The first-order chi connectivity index (χ1) is 20.3. The number of nitrogens with zero attached hydrogens (tertiary/aromatic N) is 3. The molecule has 2 saturated heterocycles. The van der Waals surface area contributed by atoms with Crippen LogP contribution in [0.25, 0.3) is 21.5 Å². The van der Waals surface area contributed by atoms with Gasteiger partial charge in [0.15, 0.2) is 10.9 Å². The molecule has 4 heterocycles. The summed E-state index contributed by atoms with van der Waals surface area (Å²) in [5.74, 6) is -0.324. The van der Waals surface area contributed by atoms with E-state index in [0.29, 0.717) is 50.7 Å². The SMILES string of the molecule is O=C(O)c1cc(F)c2nc(N3[C@@H]4CC[C@H]3CC3(CC(NCc5c(-c6c(Cl)cccc6Cl)noc5C5CC5)C3)C4)sc2c1. The molecule has 218 valence electrons. The second-order valence-corrected chi connectivity index (χ2v) is 14.4. The van der Waals surface area contributed by atoms with Gasteiger partial charge in [-0.25, -0.2) is 14.2 Å². The molecule has 4 aromatic rings. The number of aromatic carboxylic acids is 1. The summed E-state index contributed by atoms with van der Waals surface area (Å²) in [7, 11) is 0. The zero-order chi connectivity index (χ0) is 28.7. The van der Waals surface area contributed by atoms with Crippen molar-refractivity contribution in [2.45, 2.75) is 82.0 Å². The Kier molecular flexibility index (Phi) is 6.34. The molecule has 7 nitrogen and oxygen atoms in total. The largest absolute Gasteiger partial charge is 0.478 e. The predicted octanol–water partition coefficient (Wildman–Crippen LogP) is 8.04. The van der Waals surface area contributed by atoms with Crippen molar-refractivity contribution in [1.82, 2.24) is 15.5 Å². The molecule has 0 radical (unpaired) electrons. The molecule has 2 atom stereocenters. The van der Waals surface area contributed by atoms with E-state index in [2.05, 4.69) is 20.4 Å². The molecular weight excluding hydrogens is 598 g/mol. The lowest BCUT2D eigenvalue weighted by Crippen LogP contribution is -2.57. The van der Waals surface area contributed by atoms with Gasteiger partial charge in [0.2, 0.25) is 0 Å². The summed E-state index contributed by atoms with van der Waals surface area (Å²) in [5.41, 5.74) is 3.07. The van der Waals surface area contributed by atoms with Crippen LogP contribution in [0.2, 0.25) is 10.0 Å². The molecule has 2 aliphatic heterocycles. The van der Waals surface area contributed by atoms with Crippen LogP contribution in [0.3, 0.4) is 0 Å². The Labute approximate surface area is 256 Å². The Morgan fingerprint density at radius 1 is 1.12 bits per heavy atom. The lowest BCUT2D eigenvalue weighted by Gasteiger charge is -2.55. The van der Waals surface area contributed by atoms with E-state index in [-0.39, 0.29) is 11.1 Å². The minimum Gasteiger partial charge on any atom is -0.478 e. The van der Waals surface area contributed by atoms with Gasteiger partial charge in [0.1, 0.15) is 17.0 Å². The molecule has 11 heteroatoms. The standard InChI is InChI=1S/C31H29Cl2FN4O3S/c32-21-2-1-3-22(33)25(21)26-20(28(41-37-26)15-4-5-15)14-35-17-10-31(11-17)12-18-6-7-19(13-31)38(18)30-36-27-23(34)8-16(29(39)40)9-24(27)42-30/h1-3,8-9,15,17-19,35H,4-7,10-14H2,(H,39,40)/t17?,18-,19+,31?. The predicted molar refractivity (Wildman–Crippen MR) is 161 cm³/mol. The van der Waals surface area contributed by atoms with Crippen molar-refractivity contribution in [3.8, 4) is 11.3 Å². The summed E-state index contributed by atoms with van der Waals surface area (Å²) in [6.45, 7) is 0.668. The number of nitrogens with one attached hydrogen (secondary N) is 1. The third-order valence-electron chi connectivity index (χ3n) is 9.75. The van der Waals surface area contributed by atoms with E-state index in [4.69, 9.17) is 27.7 Å². The average Bonchev–Trinajstić information content (AvgIpc) is 3.45. The molecule has 2 aromatic carbocycles. The Hall–Kier alpha value is -2.72. The second kappa shape index (κ2) is 9.91. The third-order valence-corrected chi connectivity index (χ3v) is 11.4. The van der Waals surface area contributed by atoms with Crippen molar-refractivity contribution in [2.24, 2.45) is 5.41 Å². The Morgan fingerprint density at radius 2 is 1.83 bits per heavy atom. The van der Waals surface area contributed by atoms with Gasteiger partial charge in [-0.05, 0) is 81.0 Å². The van der Waals surface area contributed by atoms with Crippen LogP contribution in [-0.4, -0.2) is 39.3 Å². The molecule has 2 N–H and O–H groups in total. The normalized spacial score (nSPS) is 26.7. The van der Waals surface area contributed by atoms with E-state index < -0.39 is 11.8 Å². The van der Waals surface area contributed by atoms with Gasteiger partial charge in [0.05, 0.1) is 20.3 Å². The van der Waals surface area contributed by atoms with Crippen molar-refractivity contribution >= 4 is 55.9 Å². The molecule has 0 unspecified atom stereocenters. The maximum absolute atomic E-state index is 14.7. The summed E-state index contributed by atoms with van der Waals surface area (Å²) < 4.78 is 21.1. The summed E-state index contributed by atoms with van der Waals surface area (Å²) in [4.78, 5) is 18.5. The van der Waals surface area contributed by atoms with Crippen LogP contribution in [0.5, 0.6) is 0 Å². The van der Waals surface area contributed by atoms with Crippen LogP contribution in [0, 0.1) is 11.2 Å². The molecular formula is C31H29Cl2FN4O3S. The number of carbonyl (C=O) groups is 1. The van der Waals surface area contributed by atoms with Gasteiger partial charge < -0.3 is 19.8 Å². The van der Waals surface area contributed by atoms with E-state index in [9.17, 15) is 14.3 Å². The number of benzene rings is 2. The highest BCUT2D eigenvalue weighted by Gasteiger charge is 2.54. The molecule has 8 rings (SSSR count). The molecule has 2 saturated carbocycles. The fourth-order valence-electron chi connectivity index (χ4n) is 7.76. The molecule has 0 amide bonds. The number of aromatic nitrogens is 2. The fraction of sp³-hybridized carbons (Fsp3) is 0.452. The number of carboxylic acid groups (broad SMARTS) is 1. The van der Waals surface area contributed by atoms with Gasteiger partial charge in [-0.1, -0.05) is 45.8 Å². The molecule has 2 bridgehead atoms. The number of hydrogen-bond donors (Lipinski definition) is 2. The van der Waals surface area contributed by atoms with Crippen LogP contribution >= 0.6 is 34.5 Å². The zero-order valence-electron chi connectivity index (χ0n) is 22.7. The summed E-state index contributed by atoms with van der Waals surface area (Å²) in [6.07, 6.45) is 8.89. The van der Waals surface area contributed by atoms with E-state index in [1.165, 1.54) is 17.4 Å². The molecule has 4 fully saturated rings. The fourth-order valence-corrected chi connectivity index (χ4v) is 9.50. The first kappa shape index (κ1) is 26.9. The van der Waals surface area contributed by atoms with E-state index >= 15 is 0 Å². The highest BCUT2D eigenvalue weighted by molar-refractivity contribution is 7.22. The molecule has 2 aromatic heterocycles. The number of piperidine rings is 1. The van der Waals surface area contributed by atoms with E-state index in [0.717, 1.165) is 85.1 Å². The smallest absolute Gasteiger partial charge is 0.335 e. The number of carboxylic acids is 1. The molecule has 4 aliphatic rings. The number of anilines is 1. The summed E-state index contributed by atoms with van der Waals surface area (Å²) in [6, 6.07) is 9.27. The second-order valence-electron chi connectivity index (χ2n) is 12.5. The van der Waals surface area contributed by atoms with Crippen LogP contribution in [0.4, 0.5) is 9.52 Å². The maximum atomic E-state index is 14.7. The molecule has 1 spiro atoms. The van der Waals surface area contributed by atoms with Crippen LogP contribution in [0.1, 0.15) is 79.0 Å². The van der Waals surface area contributed by atoms with Crippen molar-refractivity contribution in [3.05, 3.63) is 63.1 Å². The highest BCUT2D eigenvalue weighted by Crippen LogP contribution is 2.57. The first-order valence-electron chi connectivity index (χ1n) is 14.6. The van der Waals surface area contributed by atoms with Gasteiger partial charge in [-0.3, -0.25) is 0 Å². The average molecular weight is 628 g/mol. The van der Waals surface area contributed by atoms with Crippen molar-refractivity contribution < 1.29 is 18.8 Å². The molecule has 2 aliphatic carbocycles. The number of halogens is 3. The summed E-state index contributed by atoms with van der Waals surface area (Å²) >= 11 is 14.5. The monoisotopic (exact) mass is 626 g/mol. The van der Waals surface area contributed by atoms with Gasteiger partial charge in [-0.15, -0.1) is 0 Å². The lowest BCUT2D eigenvalue weighted by atomic mass is 9.58. The Bertz CT molecular complexity index is 1690. The summed E-state index contributed by atoms with van der Waals surface area (Å²) in [5, 5.41) is 19.5. The van der Waals surface area contributed by atoms with Crippen molar-refractivity contribution in [3.63, 3.8) is 0 Å². The van der Waals surface area contributed by atoms with Crippen LogP contribution in [0.15, 0.2) is 34.9 Å². The topological polar surface area (TPSA) is 91.5 Å². The van der Waals surface area contributed by atoms with Crippen LogP contribution < -0.4 is 10.2 Å². The Balaban J connectivity index is 0.965. The van der Waals surface area contributed by atoms with Crippen molar-refractivity contribution in [2.75, 3.05) is 4.90 Å².